The van der Waals surface area contributed by atoms with Crippen molar-refractivity contribution in [2.24, 2.45) is 0 Å². The first-order valence-electron chi connectivity index (χ1n) is 9.16. The number of benzene rings is 1. The zero-order chi connectivity index (χ0) is 18.1. The van der Waals surface area contributed by atoms with E-state index in [9.17, 15) is 4.79 Å². The summed E-state index contributed by atoms with van der Waals surface area (Å²) in [5.41, 5.74) is 1.02. The first kappa shape index (κ1) is 17.1. The number of carbonyl (C=O) groups is 1. The fraction of sp³-hybridized carbons (Fsp3) is 0.474. The molecule has 0 saturated carbocycles. The summed E-state index contributed by atoms with van der Waals surface area (Å²) in [6.45, 7) is 6.48. The molecule has 0 aliphatic carbocycles. The molecule has 0 spiro atoms. The molecule has 1 aliphatic rings. The molecule has 0 bridgehead atoms. The Balaban J connectivity index is 1.38. The Morgan fingerprint density at radius 3 is 2.85 bits per heavy atom. The molecule has 0 atom stereocenters. The molecule has 1 amide bonds. The zero-order valence-corrected chi connectivity index (χ0v) is 16.0. The summed E-state index contributed by atoms with van der Waals surface area (Å²) in [5.74, 6) is 2.56. The molecule has 0 N–H and O–H groups in total. The average Bonchev–Trinajstić information content (AvgIpc) is 3.18. The van der Waals surface area contributed by atoms with Gasteiger partial charge in [0.2, 0.25) is 5.91 Å². The van der Waals surface area contributed by atoms with Crippen LogP contribution in [-0.2, 0) is 24.2 Å². The average molecular weight is 369 g/mol. The fourth-order valence-electron chi connectivity index (χ4n) is 3.42. The Labute approximate surface area is 156 Å². The summed E-state index contributed by atoms with van der Waals surface area (Å²) in [7, 11) is 0. The highest BCUT2D eigenvalue weighted by Crippen LogP contribution is 2.23. The maximum Gasteiger partial charge on any atom is 0.223 e. The molecule has 136 valence electrons. The Morgan fingerprint density at radius 2 is 2.04 bits per heavy atom. The SMILES string of the molecule is CC(C)c1nnc2n1CCN(C(=O)CCc1nc3ccccc3s1)CC2. The predicted molar refractivity (Wildman–Crippen MR) is 102 cm³/mol. The van der Waals surface area contributed by atoms with Gasteiger partial charge in [0.05, 0.1) is 15.2 Å². The van der Waals surface area contributed by atoms with Crippen molar-refractivity contribution in [1.82, 2.24) is 24.6 Å². The highest BCUT2D eigenvalue weighted by atomic mass is 32.1. The number of hydrogen-bond acceptors (Lipinski definition) is 5. The lowest BCUT2D eigenvalue weighted by Gasteiger charge is -2.20. The molecule has 6 nitrogen and oxygen atoms in total. The zero-order valence-electron chi connectivity index (χ0n) is 15.2. The van der Waals surface area contributed by atoms with Crippen LogP contribution in [0, 0.1) is 0 Å². The van der Waals surface area contributed by atoms with Crippen LogP contribution in [0.25, 0.3) is 10.2 Å². The third kappa shape index (κ3) is 3.35. The maximum atomic E-state index is 12.7. The smallest absolute Gasteiger partial charge is 0.223 e. The van der Waals surface area contributed by atoms with Gasteiger partial charge in [0.15, 0.2) is 0 Å². The second kappa shape index (κ2) is 7.15. The van der Waals surface area contributed by atoms with Gasteiger partial charge < -0.3 is 9.47 Å². The third-order valence-electron chi connectivity index (χ3n) is 4.81. The molecule has 0 radical (unpaired) electrons. The normalized spacial score (nSPS) is 14.7. The number of para-hydroxylation sites is 1. The van der Waals surface area contributed by atoms with Crippen molar-refractivity contribution >= 4 is 27.5 Å². The standard InChI is InChI=1S/C19H23N5OS/c1-13(2)19-22-21-16-9-10-23(11-12-24(16)19)18(25)8-7-17-20-14-5-3-4-6-15(14)26-17/h3-6,13H,7-12H2,1-2H3. The van der Waals surface area contributed by atoms with E-state index >= 15 is 0 Å². The number of thiazole rings is 1. The Hall–Kier alpha value is -2.28. The van der Waals surface area contributed by atoms with E-state index in [1.165, 1.54) is 4.70 Å². The Bertz CT molecular complexity index is 896. The summed E-state index contributed by atoms with van der Waals surface area (Å²) >= 11 is 1.68. The van der Waals surface area contributed by atoms with Crippen molar-refractivity contribution in [3.05, 3.63) is 40.9 Å². The van der Waals surface area contributed by atoms with Crippen molar-refractivity contribution < 1.29 is 4.79 Å². The van der Waals surface area contributed by atoms with E-state index in [4.69, 9.17) is 0 Å². The number of amides is 1. The van der Waals surface area contributed by atoms with Crippen LogP contribution >= 0.6 is 11.3 Å². The van der Waals surface area contributed by atoms with Gasteiger partial charge in [-0.1, -0.05) is 26.0 Å². The summed E-state index contributed by atoms with van der Waals surface area (Å²) in [6, 6.07) is 8.12. The summed E-state index contributed by atoms with van der Waals surface area (Å²) in [4.78, 5) is 19.3. The van der Waals surface area contributed by atoms with E-state index in [2.05, 4.69) is 39.7 Å². The number of hydrogen-bond donors (Lipinski definition) is 0. The van der Waals surface area contributed by atoms with Gasteiger partial charge >= 0.3 is 0 Å². The van der Waals surface area contributed by atoms with Gasteiger partial charge in [-0.15, -0.1) is 21.5 Å². The minimum absolute atomic E-state index is 0.203. The van der Waals surface area contributed by atoms with E-state index in [1.807, 2.05) is 23.1 Å². The molecule has 4 rings (SSSR count). The number of nitrogens with zero attached hydrogens (tertiary/aromatic N) is 5. The molecular weight excluding hydrogens is 346 g/mol. The van der Waals surface area contributed by atoms with E-state index < -0.39 is 0 Å². The molecule has 0 fully saturated rings. The minimum Gasteiger partial charge on any atom is -0.340 e. The Morgan fingerprint density at radius 1 is 1.19 bits per heavy atom. The second-order valence-electron chi connectivity index (χ2n) is 6.99. The van der Waals surface area contributed by atoms with Gasteiger partial charge in [-0.2, -0.15) is 0 Å². The lowest BCUT2D eigenvalue weighted by Crippen LogP contribution is -2.34. The van der Waals surface area contributed by atoms with Crippen molar-refractivity contribution in [2.75, 3.05) is 13.1 Å². The van der Waals surface area contributed by atoms with Crippen LogP contribution in [-0.4, -0.2) is 43.6 Å². The fourth-order valence-corrected chi connectivity index (χ4v) is 4.39. The summed E-state index contributed by atoms with van der Waals surface area (Å²) in [6.07, 6.45) is 1.99. The quantitative estimate of drug-likeness (QED) is 0.709. The van der Waals surface area contributed by atoms with Crippen LogP contribution in [0.5, 0.6) is 0 Å². The molecule has 1 aliphatic heterocycles. The van der Waals surface area contributed by atoms with Gasteiger partial charge in [-0.3, -0.25) is 4.79 Å². The lowest BCUT2D eigenvalue weighted by atomic mass is 10.2. The van der Waals surface area contributed by atoms with E-state index in [0.717, 1.165) is 48.2 Å². The Kier molecular flexibility index (Phi) is 4.72. The molecule has 1 aromatic carbocycles. The first-order chi connectivity index (χ1) is 12.6. The van der Waals surface area contributed by atoms with Crippen LogP contribution in [0.3, 0.4) is 0 Å². The molecular formula is C19H23N5OS. The lowest BCUT2D eigenvalue weighted by molar-refractivity contribution is -0.131. The van der Waals surface area contributed by atoms with E-state index in [-0.39, 0.29) is 5.91 Å². The van der Waals surface area contributed by atoms with Crippen LogP contribution in [0.15, 0.2) is 24.3 Å². The van der Waals surface area contributed by atoms with Crippen molar-refractivity contribution in [1.29, 1.82) is 0 Å². The monoisotopic (exact) mass is 369 g/mol. The number of carbonyl (C=O) groups excluding carboxylic acids is 1. The summed E-state index contributed by atoms with van der Waals surface area (Å²) < 4.78 is 3.37. The highest BCUT2D eigenvalue weighted by molar-refractivity contribution is 7.18. The van der Waals surface area contributed by atoms with Crippen molar-refractivity contribution in [3.8, 4) is 0 Å². The molecule has 3 aromatic rings. The van der Waals surface area contributed by atoms with E-state index in [1.54, 1.807) is 11.3 Å². The van der Waals surface area contributed by atoms with Crippen LogP contribution in [0.4, 0.5) is 0 Å². The largest absolute Gasteiger partial charge is 0.340 e. The molecule has 0 saturated heterocycles. The maximum absolute atomic E-state index is 12.7. The highest BCUT2D eigenvalue weighted by Gasteiger charge is 2.22. The number of aryl methyl sites for hydroxylation is 1. The van der Waals surface area contributed by atoms with Gasteiger partial charge in [-0.25, -0.2) is 4.98 Å². The number of aromatic nitrogens is 4. The van der Waals surface area contributed by atoms with Crippen LogP contribution in [0.2, 0.25) is 0 Å². The summed E-state index contributed by atoms with van der Waals surface area (Å²) in [5, 5.41) is 9.66. The van der Waals surface area contributed by atoms with Gasteiger partial charge in [0, 0.05) is 44.8 Å². The predicted octanol–water partition coefficient (Wildman–Crippen LogP) is 3.03. The number of fused-ring (bicyclic) bond motifs is 2. The number of rotatable bonds is 4. The van der Waals surface area contributed by atoms with E-state index in [0.29, 0.717) is 18.8 Å². The third-order valence-corrected chi connectivity index (χ3v) is 5.91. The topological polar surface area (TPSA) is 63.9 Å². The molecule has 0 unspecified atom stereocenters. The van der Waals surface area contributed by atoms with Crippen molar-refractivity contribution in [3.63, 3.8) is 0 Å². The van der Waals surface area contributed by atoms with Crippen LogP contribution < -0.4 is 0 Å². The molecule has 26 heavy (non-hydrogen) atoms. The van der Waals surface area contributed by atoms with Gasteiger partial charge in [-0.05, 0) is 12.1 Å². The molecule has 3 heterocycles. The van der Waals surface area contributed by atoms with Gasteiger partial charge in [0.25, 0.3) is 0 Å². The van der Waals surface area contributed by atoms with Crippen molar-refractivity contribution in [2.45, 2.75) is 45.6 Å². The molecule has 2 aromatic heterocycles. The first-order valence-corrected chi connectivity index (χ1v) is 9.97. The minimum atomic E-state index is 0.203. The molecule has 7 heteroatoms. The van der Waals surface area contributed by atoms with Crippen LogP contribution in [0.1, 0.15) is 42.8 Å². The van der Waals surface area contributed by atoms with Gasteiger partial charge in [0.1, 0.15) is 11.6 Å². The second-order valence-corrected chi connectivity index (χ2v) is 8.10.